The minimum atomic E-state index is -0.389. The fraction of sp³-hybridized carbons (Fsp3) is 0.188. The summed E-state index contributed by atoms with van der Waals surface area (Å²) in [6, 6.07) is 15.3. The van der Waals surface area contributed by atoms with Crippen molar-refractivity contribution in [2.24, 2.45) is 0 Å². The summed E-state index contributed by atoms with van der Waals surface area (Å²) in [5.41, 5.74) is 8.79. The average molecular weight is 270 g/mol. The molecule has 0 amide bonds. The first-order valence-corrected chi connectivity index (χ1v) is 6.47. The van der Waals surface area contributed by atoms with Crippen LogP contribution in [0.5, 0.6) is 0 Å². The van der Waals surface area contributed by atoms with Crippen LogP contribution in [0.3, 0.4) is 0 Å². The second-order valence-electron chi connectivity index (χ2n) is 4.42. The summed E-state index contributed by atoms with van der Waals surface area (Å²) in [5, 5.41) is 3.22. The van der Waals surface area contributed by atoms with Crippen LogP contribution < -0.4 is 11.1 Å². The Kier molecular flexibility index (Phi) is 4.60. The van der Waals surface area contributed by atoms with Crippen LogP contribution in [0, 0.1) is 0 Å². The Labute approximate surface area is 118 Å². The molecular formula is C16H18N2O2. The molecule has 0 saturated heterocycles. The molecule has 0 radical (unpaired) electrons. The van der Waals surface area contributed by atoms with E-state index in [1.54, 1.807) is 18.2 Å². The quantitative estimate of drug-likeness (QED) is 0.647. The molecule has 0 heterocycles. The van der Waals surface area contributed by atoms with Gasteiger partial charge in [-0.15, -0.1) is 0 Å². The van der Waals surface area contributed by atoms with E-state index in [0.29, 0.717) is 23.5 Å². The minimum Gasteiger partial charge on any atom is -0.465 e. The highest BCUT2D eigenvalue weighted by Crippen LogP contribution is 2.24. The van der Waals surface area contributed by atoms with E-state index in [9.17, 15) is 4.79 Å². The largest absolute Gasteiger partial charge is 0.465 e. The van der Waals surface area contributed by atoms with E-state index in [4.69, 9.17) is 10.5 Å². The van der Waals surface area contributed by atoms with E-state index < -0.39 is 0 Å². The van der Waals surface area contributed by atoms with Crippen LogP contribution >= 0.6 is 0 Å². The van der Waals surface area contributed by atoms with Crippen molar-refractivity contribution in [3.63, 3.8) is 0 Å². The lowest BCUT2D eigenvalue weighted by molar-refractivity contribution is 0.0602. The molecule has 0 aliphatic rings. The van der Waals surface area contributed by atoms with Crippen molar-refractivity contribution in [1.82, 2.24) is 0 Å². The van der Waals surface area contributed by atoms with Crippen molar-refractivity contribution in [1.29, 1.82) is 0 Å². The van der Waals surface area contributed by atoms with Crippen LogP contribution in [0.1, 0.15) is 15.9 Å². The fourth-order valence-corrected chi connectivity index (χ4v) is 2.02. The predicted molar refractivity (Wildman–Crippen MR) is 80.8 cm³/mol. The molecule has 0 bridgehead atoms. The molecule has 0 aliphatic carbocycles. The first kappa shape index (κ1) is 13.9. The molecule has 2 aromatic carbocycles. The first-order chi connectivity index (χ1) is 9.72. The number of benzene rings is 2. The van der Waals surface area contributed by atoms with Crippen molar-refractivity contribution in [3.05, 3.63) is 59.7 Å². The number of rotatable bonds is 5. The van der Waals surface area contributed by atoms with Gasteiger partial charge < -0.3 is 15.8 Å². The second kappa shape index (κ2) is 6.61. The fourth-order valence-electron chi connectivity index (χ4n) is 2.02. The summed E-state index contributed by atoms with van der Waals surface area (Å²) in [6.45, 7) is 0.697. The van der Waals surface area contributed by atoms with E-state index in [2.05, 4.69) is 17.4 Å². The SMILES string of the molecule is COC(=O)c1cccc(N)c1NCCc1ccccc1. The maximum absolute atomic E-state index is 11.7. The third-order valence-electron chi connectivity index (χ3n) is 3.06. The van der Waals surface area contributed by atoms with Crippen LogP contribution in [-0.2, 0) is 11.2 Å². The summed E-state index contributed by atoms with van der Waals surface area (Å²) in [5.74, 6) is -0.389. The van der Waals surface area contributed by atoms with Gasteiger partial charge in [0.2, 0.25) is 0 Å². The Hall–Kier alpha value is -2.49. The number of para-hydroxylation sites is 1. The van der Waals surface area contributed by atoms with E-state index in [0.717, 1.165) is 6.42 Å². The number of hydrogen-bond acceptors (Lipinski definition) is 4. The summed E-state index contributed by atoms with van der Waals surface area (Å²) < 4.78 is 4.76. The Morgan fingerprint density at radius 2 is 1.90 bits per heavy atom. The van der Waals surface area contributed by atoms with Crippen molar-refractivity contribution >= 4 is 17.3 Å². The van der Waals surface area contributed by atoms with Gasteiger partial charge in [0.1, 0.15) is 0 Å². The molecule has 2 rings (SSSR count). The standard InChI is InChI=1S/C16H18N2O2/c1-20-16(19)13-8-5-9-14(17)15(13)18-11-10-12-6-3-2-4-7-12/h2-9,18H,10-11,17H2,1H3. The van der Waals surface area contributed by atoms with E-state index in [1.807, 2.05) is 18.2 Å². The first-order valence-electron chi connectivity index (χ1n) is 6.47. The van der Waals surface area contributed by atoms with Crippen LogP contribution in [0.15, 0.2) is 48.5 Å². The van der Waals surface area contributed by atoms with Crippen LogP contribution in [0.4, 0.5) is 11.4 Å². The topological polar surface area (TPSA) is 64.3 Å². The second-order valence-corrected chi connectivity index (χ2v) is 4.42. The Morgan fingerprint density at radius 1 is 1.15 bits per heavy atom. The molecule has 0 unspecified atom stereocenters. The van der Waals surface area contributed by atoms with E-state index >= 15 is 0 Å². The van der Waals surface area contributed by atoms with Gasteiger partial charge >= 0.3 is 5.97 Å². The zero-order valence-electron chi connectivity index (χ0n) is 11.4. The predicted octanol–water partition coefficient (Wildman–Crippen LogP) is 2.71. The molecular weight excluding hydrogens is 252 g/mol. The van der Waals surface area contributed by atoms with Gasteiger partial charge in [-0.1, -0.05) is 36.4 Å². The third kappa shape index (κ3) is 3.29. The summed E-state index contributed by atoms with van der Waals surface area (Å²) in [6.07, 6.45) is 0.857. The molecule has 0 fully saturated rings. The number of hydrogen-bond donors (Lipinski definition) is 2. The maximum Gasteiger partial charge on any atom is 0.340 e. The third-order valence-corrected chi connectivity index (χ3v) is 3.06. The molecule has 104 valence electrons. The monoisotopic (exact) mass is 270 g/mol. The lowest BCUT2D eigenvalue weighted by Gasteiger charge is -2.13. The Morgan fingerprint density at radius 3 is 2.60 bits per heavy atom. The van der Waals surface area contributed by atoms with Crippen LogP contribution in [-0.4, -0.2) is 19.6 Å². The van der Waals surface area contributed by atoms with Crippen molar-refractivity contribution in [2.75, 3.05) is 24.7 Å². The van der Waals surface area contributed by atoms with Crippen LogP contribution in [0.2, 0.25) is 0 Å². The van der Waals surface area contributed by atoms with Crippen LogP contribution in [0.25, 0.3) is 0 Å². The number of ether oxygens (including phenoxy) is 1. The normalized spacial score (nSPS) is 10.1. The number of anilines is 2. The van der Waals surface area contributed by atoms with Crippen molar-refractivity contribution in [3.8, 4) is 0 Å². The number of esters is 1. The van der Waals surface area contributed by atoms with Crippen molar-refractivity contribution < 1.29 is 9.53 Å². The van der Waals surface area contributed by atoms with Gasteiger partial charge in [-0.25, -0.2) is 4.79 Å². The number of nitrogen functional groups attached to an aromatic ring is 1. The molecule has 0 atom stereocenters. The Balaban J connectivity index is 2.07. The minimum absolute atomic E-state index is 0.389. The molecule has 0 spiro atoms. The smallest absolute Gasteiger partial charge is 0.340 e. The Bertz CT molecular complexity index is 582. The van der Waals surface area contributed by atoms with Gasteiger partial charge in [-0.2, -0.15) is 0 Å². The van der Waals surface area contributed by atoms with Gasteiger partial charge in [0.25, 0.3) is 0 Å². The maximum atomic E-state index is 11.7. The number of nitrogens with one attached hydrogen (secondary N) is 1. The van der Waals surface area contributed by atoms with Gasteiger partial charge in [0.05, 0.1) is 24.0 Å². The average Bonchev–Trinajstić information content (AvgIpc) is 2.49. The molecule has 4 nitrogen and oxygen atoms in total. The molecule has 20 heavy (non-hydrogen) atoms. The van der Waals surface area contributed by atoms with E-state index in [-0.39, 0.29) is 5.97 Å². The molecule has 4 heteroatoms. The molecule has 3 N–H and O–H groups in total. The number of methoxy groups -OCH3 is 1. The zero-order valence-corrected chi connectivity index (χ0v) is 11.4. The summed E-state index contributed by atoms with van der Waals surface area (Å²) in [7, 11) is 1.36. The number of carbonyl (C=O) groups is 1. The highest BCUT2D eigenvalue weighted by atomic mass is 16.5. The molecule has 0 aliphatic heterocycles. The van der Waals surface area contributed by atoms with Crippen molar-refractivity contribution in [2.45, 2.75) is 6.42 Å². The van der Waals surface area contributed by atoms with Gasteiger partial charge in [-0.3, -0.25) is 0 Å². The van der Waals surface area contributed by atoms with Gasteiger partial charge in [0.15, 0.2) is 0 Å². The summed E-state index contributed by atoms with van der Waals surface area (Å²) >= 11 is 0. The highest BCUT2D eigenvalue weighted by molar-refractivity contribution is 5.98. The van der Waals surface area contributed by atoms with E-state index in [1.165, 1.54) is 12.7 Å². The zero-order chi connectivity index (χ0) is 14.4. The lowest BCUT2D eigenvalue weighted by atomic mass is 10.1. The lowest BCUT2D eigenvalue weighted by Crippen LogP contribution is -2.12. The molecule has 0 saturated carbocycles. The van der Waals surface area contributed by atoms with Gasteiger partial charge in [0, 0.05) is 6.54 Å². The highest BCUT2D eigenvalue weighted by Gasteiger charge is 2.13. The number of carbonyl (C=O) groups excluding carboxylic acids is 1. The molecule has 2 aromatic rings. The van der Waals surface area contributed by atoms with Gasteiger partial charge in [-0.05, 0) is 24.1 Å². The molecule has 0 aromatic heterocycles. The number of nitrogens with two attached hydrogens (primary N) is 1. The summed E-state index contributed by atoms with van der Waals surface area (Å²) in [4.78, 5) is 11.7.